The first-order valence-electron chi connectivity index (χ1n) is 8.90. The van der Waals surface area contributed by atoms with E-state index in [-0.39, 0.29) is 17.6 Å². The monoisotopic (exact) mass is 372 g/mol. The van der Waals surface area contributed by atoms with Crippen LogP contribution in [0.4, 0.5) is 0 Å². The molecule has 1 aromatic carbocycles. The number of likely N-dealkylation sites (tertiary alicyclic amines) is 1. The molecule has 0 radical (unpaired) electrons. The van der Waals surface area contributed by atoms with Gasteiger partial charge in [0.2, 0.25) is 5.91 Å². The van der Waals surface area contributed by atoms with E-state index in [4.69, 9.17) is 0 Å². The van der Waals surface area contributed by atoms with Crippen molar-refractivity contribution in [1.29, 1.82) is 0 Å². The highest BCUT2D eigenvalue weighted by Gasteiger charge is 2.28. The largest absolute Gasteiger partial charge is 0.342 e. The summed E-state index contributed by atoms with van der Waals surface area (Å²) in [6, 6.07) is 7.73. The Kier molecular flexibility index (Phi) is 6.08. The fraction of sp³-hybridized carbons (Fsp3) is 0.474. The van der Waals surface area contributed by atoms with Crippen LogP contribution in [0.2, 0.25) is 0 Å². The quantitative estimate of drug-likeness (QED) is 0.623. The number of hydrogen-bond acceptors (Lipinski definition) is 5. The number of amides is 1. The zero-order chi connectivity index (χ0) is 18.5. The number of benzene rings is 1. The van der Waals surface area contributed by atoms with Crippen molar-refractivity contribution in [3.63, 3.8) is 0 Å². The minimum atomic E-state index is -0.112. The van der Waals surface area contributed by atoms with Gasteiger partial charge in [0, 0.05) is 42.3 Å². The first kappa shape index (κ1) is 18.6. The maximum atomic E-state index is 12.8. The number of aromatic amines is 1. The second kappa shape index (κ2) is 8.49. The summed E-state index contributed by atoms with van der Waals surface area (Å²) in [7, 11) is 0. The molecule has 138 valence electrons. The molecular weight excluding hydrogens is 348 g/mol. The molecule has 1 fully saturated rings. The molecule has 7 heteroatoms. The summed E-state index contributed by atoms with van der Waals surface area (Å²) in [4.78, 5) is 32.5. The summed E-state index contributed by atoms with van der Waals surface area (Å²) in [5.41, 5.74) is 0.735. The third-order valence-electron chi connectivity index (χ3n) is 4.73. The number of carbonyl (C=O) groups is 2. The van der Waals surface area contributed by atoms with Crippen molar-refractivity contribution in [2.45, 2.75) is 37.5 Å². The number of Topliss-reactive ketones (excluding diaryl/α,β-unsaturated/α-hetero) is 1. The fourth-order valence-corrected chi connectivity index (χ4v) is 3.69. The van der Waals surface area contributed by atoms with Crippen molar-refractivity contribution in [3.05, 3.63) is 41.5 Å². The van der Waals surface area contributed by atoms with Crippen LogP contribution in [0.3, 0.4) is 0 Å². The van der Waals surface area contributed by atoms with Crippen molar-refractivity contribution in [3.8, 4) is 0 Å². The van der Waals surface area contributed by atoms with Crippen LogP contribution < -0.4 is 0 Å². The lowest BCUT2D eigenvalue weighted by molar-refractivity contribution is -0.132. The molecule has 2 aromatic rings. The number of piperidine rings is 1. The second-order valence-corrected chi connectivity index (χ2v) is 7.49. The Morgan fingerprint density at radius 3 is 2.73 bits per heavy atom. The van der Waals surface area contributed by atoms with Crippen LogP contribution in [0, 0.1) is 12.8 Å². The molecule has 1 aromatic heterocycles. The van der Waals surface area contributed by atoms with Gasteiger partial charge in [0.25, 0.3) is 0 Å². The SMILES string of the molecule is CSc1ccc(C(=O)[C@H]2CCCN(C(=O)CCc3n[nH]c(C)n3)C2)cc1. The van der Waals surface area contributed by atoms with Crippen LogP contribution in [-0.2, 0) is 11.2 Å². The molecule has 2 heterocycles. The second-order valence-electron chi connectivity index (χ2n) is 6.61. The molecule has 1 aliphatic heterocycles. The lowest BCUT2D eigenvalue weighted by Crippen LogP contribution is -2.42. The number of nitrogens with one attached hydrogen (secondary N) is 1. The van der Waals surface area contributed by atoms with Gasteiger partial charge in [-0.15, -0.1) is 11.8 Å². The molecule has 1 aliphatic rings. The average Bonchev–Trinajstić information content (AvgIpc) is 3.11. The first-order valence-corrected chi connectivity index (χ1v) is 10.1. The summed E-state index contributed by atoms with van der Waals surface area (Å²) in [6.07, 6.45) is 4.62. The number of carbonyl (C=O) groups excluding carboxylic acids is 2. The van der Waals surface area contributed by atoms with E-state index < -0.39 is 0 Å². The van der Waals surface area contributed by atoms with E-state index in [2.05, 4.69) is 15.2 Å². The van der Waals surface area contributed by atoms with Gasteiger partial charge in [-0.3, -0.25) is 14.7 Å². The van der Waals surface area contributed by atoms with Crippen LogP contribution in [0.25, 0.3) is 0 Å². The van der Waals surface area contributed by atoms with Gasteiger partial charge in [0.05, 0.1) is 0 Å². The third kappa shape index (κ3) is 4.52. The Hall–Kier alpha value is -2.15. The Morgan fingerprint density at radius 2 is 2.08 bits per heavy atom. The van der Waals surface area contributed by atoms with Crippen molar-refractivity contribution in [1.82, 2.24) is 20.1 Å². The predicted octanol–water partition coefficient (Wildman–Crippen LogP) is 2.89. The van der Waals surface area contributed by atoms with Crippen LogP contribution in [0.5, 0.6) is 0 Å². The number of hydrogen-bond donors (Lipinski definition) is 1. The summed E-state index contributed by atoms with van der Waals surface area (Å²) in [5, 5.41) is 6.86. The Labute approximate surface area is 157 Å². The number of ketones is 1. The average molecular weight is 372 g/mol. The summed E-state index contributed by atoms with van der Waals surface area (Å²) < 4.78 is 0. The lowest BCUT2D eigenvalue weighted by atomic mass is 9.90. The maximum Gasteiger partial charge on any atom is 0.223 e. The van der Waals surface area contributed by atoms with E-state index in [0.29, 0.717) is 25.2 Å². The highest BCUT2D eigenvalue weighted by molar-refractivity contribution is 7.98. The maximum absolute atomic E-state index is 12.8. The molecule has 1 atom stereocenters. The Morgan fingerprint density at radius 1 is 1.31 bits per heavy atom. The minimum absolute atomic E-state index is 0.0719. The van der Waals surface area contributed by atoms with E-state index in [0.717, 1.165) is 35.7 Å². The Bertz CT molecular complexity index is 772. The van der Waals surface area contributed by atoms with Crippen molar-refractivity contribution in [2.24, 2.45) is 5.92 Å². The van der Waals surface area contributed by atoms with Gasteiger partial charge in [-0.25, -0.2) is 4.98 Å². The number of H-pyrrole nitrogens is 1. The Balaban J connectivity index is 1.57. The van der Waals surface area contributed by atoms with Crippen LogP contribution >= 0.6 is 11.8 Å². The summed E-state index contributed by atoms with van der Waals surface area (Å²) >= 11 is 1.66. The van der Waals surface area contributed by atoms with Crippen LogP contribution in [-0.4, -0.2) is 51.1 Å². The molecule has 3 rings (SSSR count). The summed E-state index contributed by atoms with van der Waals surface area (Å²) in [6.45, 7) is 3.07. The van der Waals surface area contributed by atoms with E-state index >= 15 is 0 Å². The van der Waals surface area contributed by atoms with E-state index in [1.165, 1.54) is 0 Å². The van der Waals surface area contributed by atoms with Crippen LogP contribution in [0.15, 0.2) is 29.2 Å². The number of aryl methyl sites for hydroxylation is 2. The van der Waals surface area contributed by atoms with Crippen molar-refractivity contribution >= 4 is 23.5 Å². The molecule has 0 saturated carbocycles. The van der Waals surface area contributed by atoms with Gasteiger partial charge in [-0.05, 0) is 38.2 Å². The van der Waals surface area contributed by atoms with Gasteiger partial charge in [-0.2, -0.15) is 5.10 Å². The highest BCUT2D eigenvalue weighted by Crippen LogP contribution is 2.23. The molecule has 1 amide bonds. The number of thioether (sulfide) groups is 1. The van der Waals surface area contributed by atoms with Crippen LogP contribution in [0.1, 0.15) is 41.3 Å². The van der Waals surface area contributed by atoms with Gasteiger partial charge < -0.3 is 4.90 Å². The van der Waals surface area contributed by atoms with Gasteiger partial charge in [0.1, 0.15) is 5.82 Å². The molecule has 1 N–H and O–H groups in total. The van der Waals surface area contributed by atoms with E-state index in [1.807, 2.05) is 42.3 Å². The number of aromatic nitrogens is 3. The van der Waals surface area contributed by atoms with E-state index in [9.17, 15) is 9.59 Å². The van der Waals surface area contributed by atoms with E-state index in [1.54, 1.807) is 11.8 Å². The standard InChI is InChI=1S/C19H24N4O2S/c1-13-20-17(22-21-13)9-10-18(24)23-11-3-4-15(12-23)19(25)14-5-7-16(26-2)8-6-14/h5-8,15H,3-4,9-12H2,1-2H3,(H,20,21,22)/t15-/m0/s1. The molecule has 26 heavy (non-hydrogen) atoms. The molecule has 0 unspecified atom stereocenters. The predicted molar refractivity (Wildman–Crippen MR) is 101 cm³/mol. The van der Waals surface area contributed by atoms with Gasteiger partial charge >= 0.3 is 0 Å². The lowest BCUT2D eigenvalue weighted by Gasteiger charge is -2.32. The van der Waals surface area contributed by atoms with Crippen molar-refractivity contribution < 1.29 is 9.59 Å². The normalized spacial score (nSPS) is 17.3. The number of nitrogens with zero attached hydrogens (tertiary/aromatic N) is 3. The first-order chi connectivity index (χ1) is 12.6. The molecule has 1 saturated heterocycles. The minimum Gasteiger partial charge on any atom is -0.342 e. The fourth-order valence-electron chi connectivity index (χ4n) is 3.29. The van der Waals surface area contributed by atoms with Gasteiger partial charge in [0.15, 0.2) is 11.6 Å². The highest BCUT2D eigenvalue weighted by atomic mass is 32.2. The smallest absolute Gasteiger partial charge is 0.223 e. The topological polar surface area (TPSA) is 79.0 Å². The summed E-state index contributed by atoms with van der Waals surface area (Å²) in [5.74, 6) is 1.51. The van der Waals surface area contributed by atoms with Gasteiger partial charge in [-0.1, -0.05) is 12.1 Å². The molecular formula is C19H24N4O2S. The molecule has 0 bridgehead atoms. The zero-order valence-corrected chi connectivity index (χ0v) is 16.0. The molecule has 0 spiro atoms. The molecule has 0 aliphatic carbocycles. The molecule has 6 nitrogen and oxygen atoms in total. The zero-order valence-electron chi connectivity index (χ0n) is 15.2. The van der Waals surface area contributed by atoms with Crippen molar-refractivity contribution in [2.75, 3.05) is 19.3 Å². The number of rotatable bonds is 6. The third-order valence-corrected chi connectivity index (χ3v) is 5.47.